The third kappa shape index (κ3) is 4.50. The van der Waals surface area contributed by atoms with Crippen molar-refractivity contribution in [2.45, 2.75) is 66.5 Å². The van der Waals surface area contributed by atoms with Crippen LogP contribution in [-0.2, 0) is 19.4 Å². The standard InChI is InChI=1S/C15H28ClN3/c1-6-13-15(16)14(19(8-3)18-13)10-11(4)9-12(5)17-7-2/h11-12,17H,6-10H2,1-5H3. The van der Waals surface area contributed by atoms with Crippen LogP contribution in [0.5, 0.6) is 0 Å². The van der Waals surface area contributed by atoms with Crippen LogP contribution in [-0.4, -0.2) is 22.4 Å². The van der Waals surface area contributed by atoms with Crippen LogP contribution in [0.4, 0.5) is 0 Å². The van der Waals surface area contributed by atoms with Gasteiger partial charge in [0.15, 0.2) is 0 Å². The molecule has 1 heterocycles. The first kappa shape index (κ1) is 16.5. The monoisotopic (exact) mass is 285 g/mol. The Balaban J connectivity index is 2.72. The Morgan fingerprint density at radius 3 is 2.47 bits per heavy atom. The SMILES string of the molecule is CCNC(C)CC(C)Cc1c(Cl)c(CC)nn1CC. The fraction of sp³-hybridized carbons (Fsp3) is 0.800. The molecule has 3 nitrogen and oxygen atoms in total. The zero-order valence-electron chi connectivity index (χ0n) is 13.0. The van der Waals surface area contributed by atoms with Crippen molar-refractivity contribution in [3.8, 4) is 0 Å². The highest BCUT2D eigenvalue weighted by molar-refractivity contribution is 6.31. The molecule has 0 aliphatic rings. The molecule has 2 unspecified atom stereocenters. The fourth-order valence-electron chi connectivity index (χ4n) is 2.66. The maximum Gasteiger partial charge on any atom is 0.0849 e. The number of aryl methyl sites for hydroxylation is 2. The topological polar surface area (TPSA) is 29.9 Å². The predicted molar refractivity (Wildman–Crippen MR) is 82.9 cm³/mol. The molecule has 0 saturated heterocycles. The number of hydrogen-bond donors (Lipinski definition) is 1. The van der Waals surface area contributed by atoms with E-state index in [1.54, 1.807) is 0 Å². The molecular weight excluding hydrogens is 258 g/mol. The Hall–Kier alpha value is -0.540. The number of halogens is 1. The minimum atomic E-state index is 0.558. The Morgan fingerprint density at radius 2 is 1.95 bits per heavy atom. The van der Waals surface area contributed by atoms with Crippen molar-refractivity contribution in [1.82, 2.24) is 15.1 Å². The summed E-state index contributed by atoms with van der Waals surface area (Å²) >= 11 is 6.45. The minimum absolute atomic E-state index is 0.558. The van der Waals surface area contributed by atoms with Gasteiger partial charge in [-0.1, -0.05) is 32.4 Å². The molecule has 19 heavy (non-hydrogen) atoms. The molecule has 0 aliphatic carbocycles. The van der Waals surface area contributed by atoms with E-state index in [2.05, 4.69) is 49.7 Å². The summed E-state index contributed by atoms with van der Waals surface area (Å²) in [6.45, 7) is 12.8. The molecular formula is C15H28ClN3. The van der Waals surface area contributed by atoms with Crippen molar-refractivity contribution in [3.05, 3.63) is 16.4 Å². The molecule has 0 radical (unpaired) electrons. The molecule has 110 valence electrons. The zero-order valence-corrected chi connectivity index (χ0v) is 13.7. The van der Waals surface area contributed by atoms with Gasteiger partial charge in [0.25, 0.3) is 0 Å². The molecule has 0 spiro atoms. The second-order valence-corrected chi connectivity index (χ2v) is 5.76. The van der Waals surface area contributed by atoms with Gasteiger partial charge in [-0.05, 0) is 45.6 Å². The van der Waals surface area contributed by atoms with Gasteiger partial charge in [0.05, 0.1) is 16.4 Å². The van der Waals surface area contributed by atoms with Gasteiger partial charge < -0.3 is 5.32 Å². The highest BCUT2D eigenvalue weighted by atomic mass is 35.5. The van der Waals surface area contributed by atoms with E-state index in [0.29, 0.717) is 12.0 Å². The van der Waals surface area contributed by atoms with Crippen LogP contribution in [0, 0.1) is 5.92 Å². The van der Waals surface area contributed by atoms with Crippen LogP contribution < -0.4 is 5.32 Å². The molecule has 1 N–H and O–H groups in total. The van der Waals surface area contributed by atoms with E-state index in [4.69, 9.17) is 11.6 Å². The Kier molecular flexibility index (Phi) is 6.87. The molecule has 4 heteroatoms. The van der Waals surface area contributed by atoms with Crippen LogP contribution >= 0.6 is 11.6 Å². The summed E-state index contributed by atoms with van der Waals surface area (Å²) in [4.78, 5) is 0. The van der Waals surface area contributed by atoms with E-state index in [-0.39, 0.29) is 0 Å². The summed E-state index contributed by atoms with van der Waals surface area (Å²) < 4.78 is 2.07. The first-order chi connectivity index (χ1) is 9.03. The van der Waals surface area contributed by atoms with E-state index in [9.17, 15) is 0 Å². The molecule has 0 bridgehead atoms. The lowest BCUT2D eigenvalue weighted by atomic mass is 9.97. The highest BCUT2D eigenvalue weighted by Crippen LogP contribution is 2.25. The average molecular weight is 286 g/mol. The van der Waals surface area contributed by atoms with E-state index in [1.165, 1.54) is 12.1 Å². The van der Waals surface area contributed by atoms with Gasteiger partial charge in [0.2, 0.25) is 0 Å². The Morgan fingerprint density at radius 1 is 1.26 bits per heavy atom. The molecule has 0 amide bonds. The first-order valence-corrected chi connectivity index (χ1v) is 7.88. The predicted octanol–water partition coefficient (Wildman–Crippen LogP) is 3.69. The molecule has 0 fully saturated rings. The van der Waals surface area contributed by atoms with E-state index < -0.39 is 0 Å². The van der Waals surface area contributed by atoms with E-state index in [1.807, 2.05) is 0 Å². The van der Waals surface area contributed by atoms with Gasteiger partial charge in [-0.2, -0.15) is 5.10 Å². The maximum atomic E-state index is 6.45. The summed E-state index contributed by atoms with van der Waals surface area (Å²) in [5.74, 6) is 0.609. The number of nitrogens with zero attached hydrogens (tertiary/aromatic N) is 2. The molecule has 0 aromatic carbocycles. The van der Waals surface area contributed by atoms with Crippen LogP contribution in [0.1, 0.15) is 52.4 Å². The number of nitrogens with one attached hydrogen (secondary N) is 1. The summed E-state index contributed by atoms with van der Waals surface area (Å²) in [6, 6.07) is 0.558. The lowest BCUT2D eigenvalue weighted by molar-refractivity contribution is 0.416. The number of hydrogen-bond acceptors (Lipinski definition) is 2. The largest absolute Gasteiger partial charge is 0.315 e. The summed E-state index contributed by atoms with van der Waals surface area (Å²) in [5, 5.41) is 8.93. The molecule has 1 aromatic rings. The Bertz CT molecular complexity index is 387. The second-order valence-electron chi connectivity index (χ2n) is 5.38. The van der Waals surface area contributed by atoms with Crippen molar-refractivity contribution in [3.63, 3.8) is 0 Å². The highest BCUT2D eigenvalue weighted by Gasteiger charge is 2.17. The fourth-order valence-corrected chi connectivity index (χ4v) is 3.01. The van der Waals surface area contributed by atoms with Crippen LogP contribution in [0.15, 0.2) is 0 Å². The van der Waals surface area contributed by atoms with Crippen molar-refractivity contribution < 1.29 is 0 Å². The van der Waals surface area contributed by atoms with Gasteiger partial charge in [-0.25, -0.2) is 0 Å². The number of rotatable bonds is 8. The summed E-state index contributed by atoms with van der Waals surface area (Å²) in [6.07, 6.45) is 3.08. The normalized spacial score (nSPS) is 14.6. The third-order valence-corrected chi connectivity index (χ3v) is 3.98. The lowest BCUT2D eigenvalue weighted by Gasteiger charge is -2.18. The van der Waals surface area contributed by atoms with Crippen molar-refractivity contribution in [2.75, 3.05) is 6.54 Å². The lowest BCUT2D eigenvalue weighted by Crippen LogP contribution is -2.28. The Labute approximate surface area is 122 Å². The van der Waals surface area contributed by atoms with Crippen LogP contribution in [0.3, 0.4) is 0 Å². The first-order valence-electron chi connectivity index (χ1n) is 7.50. The summed E-state index contributed by atoms with van der Waals surface area (Å²) in [5.41, 5.74) is 2.24. The van der Waals surface area contributed by atoms with Gasteiger partial charge in [-0.15, -0.1) is 0 Å². The smallest absolute Gasteiger partial charge is 0.0849 e. The van der Waals surface area contributed by atoms with Crippen LogP contribution in [0.25, 0.3) is 0 Å². The van der Waals surface area contributed by atoms with Crippen LogP contribution in [0.2, 0.25) is 5.02 Å². The van der Waals surface area contributed by atoms with Gasteiger partial charge >= 0.3 is 0 Å². The maximum absolute atomic E-state index is 6.45. The third-order valence-electron chi connectivity index (χ3n) is 3.54. The molecule has 2 atom stereocenters. The van der Waals surface area contributed by atoms with Gasteiger partial charge in [0.1, 0.15) is 0 Å². The molecule has 0 aliphatic heterocycles. The van der Waals surface area contributed by atoms with Crippen molar-refractivity contribution >= 4 is 11.6 Å². The van der Waals surface area contributed by atoms with E-state index in [0.717, 1.165) is 36.6 Å². The van der Waals surface area contributed by atoms with Crippen molar-refractivity contribution in [2.24, 2.45) is 5.92 Å². The molecule has 0 saturated carbocycles. The summed E-state index contributed by atoms with van der Waals surface area (Å²) in [7, 11) is 0. The van der Waals surface area contributed by atoms with Gasteiger partial charge in [-0.3, -0.25) is 4.68 Å². The zero-order chi connectivity index (χ0) is 14.4. The molecule has 1 aromatic heterocycles. The molecule has 1 rings (SSSR count). The number of aromatic nitrogens is 2. The van der Waals surface area contributed by atoms with Crippen molar-refractivity contribution in [1.29, 1.82) is 0 Å². The minimum Gasteiger partial charge on any atom is -0.315 e. The average Bonchev–Trinajstić information content (AvgIpc) is 2.66. The quantitative estimate of drug-likeness (QED) is 0.789. The second kappa shape index (κ2) is 7.91. The van der Waals surface area contributed by atoms with E-state index >= 15 is 0 Å². The van der Waals surface area contributed by atoms with Gasteiger partial charge in [0, 0.05) is 12.6 Å².